The number of amides is 1. The maximum absolute atomic E-state index is 9.81. The molecule has 0 aromatic rings. The minimum absolute atomic E-state index is 0.760. The lowest BCUT2D eigenvalue weighted by atomic mass is 10.2. The van der Waals surface area contributed by atoms with Gasteiger partial charge in [-0.1, -0.05) is 0 Å². The fraction of sp³-hybridized carbons (Fsp3) is 0.857. The Morgan fingerprint density at radius 2 is 2.30 bits per heavy atom. The van der Waals surface area contributed by atoms with Crippen LogP contribution in [-0.4, -0.2) is 37.5 Å². The number of hydrogen-bond acceptors (Lipinski definition) is 2. The second kappa shape index (κ2) is 4.28. The molecule has 0 aliphatic carbocycles. The van der Waals surface area contributed by atoms with Crippen LogP contribution in [0.15, 0.2) is 0 Å². The van der Waals surface area contributed by atoms with Gasteiger partial charge < -0.3 is 10.2 Å². The summed E-state index contributed by atoms with van der Waals surface area (Å²) in [5, 5.41) is 2.64. The summed E-state index contributed by atoms with van der Waals surface area (Å²) in [6.07, 6.45) is 3.19. The van der Waals surface area contributed by atoms with E-state index < -0.39 is 0 Å². The van der Waals surface area contributed by atoms with Crippen LogP contribution >= 0.6 is 0 Å². The van der Waals surface area contributed by atoms with Crippen LogP contribution in [-0.2, 0) is 4.79 Å². The van der Waals surface area contributed by atoms with Crippen molar-refractivity contribution in [3.63, 3.8) is 0 Å². The molecule has 3 nitrogen and oxygen atoms in total. The van der Waals surface area contributed by atoms with E-state index in [1.54, 1.807) is 0 Å². The SMILES string of the molecule is O=CNCCCN1CCC1. The summed E-state index contributed by atoms with van der Waals surface area (Å²) in [7, 11) is 0. The molecule has 58 valence electrons. The van der Waals surface area contributed by atoms with Gasteiger partial charge in [0.1, 0.15) is 0 Å². The number of likely N-dealkylation sites (tertiary alicyclic amines) is 1. The van der Waals surface area contributed by atoms with E-state index in [0.29, 0.717) is 0 Å². The average molecular weight is 142 g/mol. The number of carbonyl (C=O) groups is 1. The second-order valence-corrected chi connectivity index (χ2v) is 2.62. The van der Waals surface area contributed by atoms with Crippen molar-refractivity contribution in [3.8, 4) is 0 Å². The standard InChI is InChI=1S/C7H14N2O/c10-7-8-3-1-4-9-5-2-6-9/h7H,1-6H2,(H,8,10). The van der Waals surface area contributed by atoms with E-state index in [4.69, 9.17) is 0 Å². The summed E-state index contributed by atoms with van der Waals surface area (Å²) >= 11 is 0. The van der Waals surface area contributed by atoms with E-state index in [1.807, 2.05) is 0 Å². The van der Waals surface area contributed by atoms with Crippen molar-refractivity contribution in [2.45, 2.75) is 12.8 Å². The van der Waals surface area contributed by atoms with Crippen LogP contribution in [0, 0.1) is 0 Å². The van der Waals surface area contributed by atoms with Gasteiger partial charge in [0.05, 0.1) is 0 Å². The lowest BCUT2D eigenvalue weighted by molar-refractivity contribution is -0.109. The Morgan fingerprint density at radius 1 is 1.50 bits per heavy atom. The van der Waals surface area contributed by atoms with E-state index in [2.05, 4.69) is 10.2 Å². The monoisotopic (exact) mass is 142 g/mol. The first-order chi connectivity index (χ1) is 4.93. The average Bonchev–Trinajstić information content (AvgIpc) is 1.84. The first-order valence-electron chi connectivity index (χ1n) is 3.83. The Kier molecular flexibility index (Phi) is 3.22. The van der Waals surface area contributed by atoms with Crippen LogP contribution in [0.25, 0.3) is 0 Å². The van der Waals surface area contributed by atoms with Crippen LogP contribution in [0.3, 0.4) is 0 Å². The first kappa shape index (κ1) is 7.54. The summed E-state index contributed by atoms with van der Waals surface area (Å²) in [5.41, 5.74) is 0. The van der Waals surface area contributed by atoms with Gasteiger partial charge in [-0.2, -0.15) is 0 Å². The third-order valence-corrected chi connectivity index (χ3v) is 1.83. The summed E-state index contributed by atoms with van der Waals surface area (Å²) in [4.78, 5) is 12.2. The van der Waals surface area contributed by atoms with E-state index in [-0.39, 0.29) is 0 Å². The van der Waals surface area contributed by atoms with Gasteiger partial charge >= 0.3 is 0 Å². The molecule has 1 fully saturated rings. The summed E-state index contributed by atoms with van der Waals surface area (Å²) < 4.78 is 0. The fourth-order valence-corrected chi connectivity index (χ4v) is 1.07. The largest absolute Gasteiger partial charge is 0.359 e. The molecule has 1 heterocycles. The molecule has 0 aromatic heterocycles. The van der Waals surface area contributed by atoms with Crippen molar-refractivity contribution in [3.05, 3.63) is 0 Å². The Hall–Kier alpha value is -0.570. The molecule has 1 N–H and O–H groups in total. The molecular formula is C7H14N2O. The quantitative estimate of drug-likeness (QED) is 0.427. The zero-order valence-corrected chi connectivity index (χ0v) is 6.18. The topological polar surface area (TPSA) is 32.3 Å². The second-order valence-electron chi connectivity index (χ2n) is 2.62. The van der Waals surface area contributed by atoms with Crippen LogP contribution in [0.5, 0.6) is 0 Å². The Bertz CT molecular complexity index is 102. The Morgan fingerprint density at radius 3 is 2.80 bits per heavy atom. The molecular weight excluding hydrogens is 128 g/mol. The molecule has 1 rings (SSSR count). The zero-order valence-electron chi connectivity index (χ0n) is 6.18. The molecule has 1 aliphatic heterocycles. The van der Waals surface area contributed by atoms with Crippen molar-refractivity contribution in [1.29, 1.82) is 0 Å². The van der Waals surface area contributed by atoms with Gasteiger partial charge in [-0.3, -0.25) is 4.79 Å². The summed E-state index contributed by atoms with van der Waals surface area (Å²) in [6, 6.07) is 0. The van der Waals surface area contributed by atoms with Crippen molar-refractivity contribution in [1.82, 2.24) is 10.2 Å². The number of nitrogens with one attached hydrogen (secondary N) is 1. The van der Waals surface area contributed by atoms with Gasteiger partial charge in [-0.15, -0.1) is 0 Å². The highest BCUT2D eigenvalue weighted by molar-refractivity contribution is 5.45. The number of carbonyl (C=O) groups excluding carboxylic acids is 1. The molecule has 1 amide bonds. The number of rotatable bonds is 5. The van der Waals surface area contributed by atoms with Crippen molar-refractivity contribution >= 4 is 6.41 Å². The van der Waals surface area contributed by atoms with Gasteiger partial charge in [0, 0.05) is 6.54 Å². The molecule has 0 bridgehead atoms. The Labute approximate surface area is 61.4 Å². The minimum atomic E-state index is 0.760. The highest BCUT2D eigenvalue weighted by Crippen LogP contribution is 2.04. The highest BCUT2D eigenvalue weighted by Gasteiger charge is 2.11. The van der Waals surface area contributed by atoms with Crippen LogP contribution in [0.4, 0.5) is 0 Å². The lowest BCUT2D eigenvalue weighted by Gasteiger charge is -2.30. The van der Waals surface area contributed by atoms with Crippen molar-refractivity contribution in [2.24, 2.45) is 0 Å². The minimum Gasteiger partial charge on any atom is -0.359 e. The van der Waals surface area contributed by atoms with Crippen LogP contribution in [0.2, 0.25) is 0 Å². The molecule has 3 heteroatoms. The number of hydrogen-bond donors (Lipinski definition) is 1. The molecule has 0 spiro atoms. The smallest absolute Gasteiger partial charge is 0.207 e. The molecule has 10 heavy (non-hydrogen) atoms. The van der Waals surface area contributed by atoms with Crippen molar-refractivity contribution < 1.29 is 4.79 Å². The summed E-state index contributed by atoms with van der Waals surface area (Å²) in [6.45, 7) is 4.46. The van der Waals surface area contributed by atoms with Gasteiger partial charge in [0.25, 0.3) is 0 Å². The van der Waals surface area contributed by atoms with Crippen LogP contribution < -0.4 is 5.32 Å². The van der Waals surface area contributed by atoms with E-state index in [9.17, 15) is 4.79 Å². The predicted molar refractivity (Wildman–Crippen MR) is 39.7 cm³/mol. The van der Waals surface area contributed by atoms with Crippen molar-refractivity contribution in [2.75, 3.05) is 26.2 Å². The van der Waals surface area contributed by atoms with E-state index in [1.165, 1.54) is 19.5 Å². The highest BCUT2D eigenvalue weighted by atomic mass is 16.1. The molecule has 0 atom stereocenters. The third kappa shape index (κ3) is 2.35. The summed E-state index contributed by atoms with van der Waals surface area (Å²) in [5.74, 6) is 0. The maximum Gasteiger partial charge on any atom is 0.207 e. The fourth-order valence-electron chi connectivity index (χ4n) is 1.07. The van der Waals surface area contributed by atoms with Gasteiger partial charge in [0.2, 0.25) is 6.41 Å². The molecule has 0 unspecified atom stereocenters. The van der Waals surface area contributed by atoms with Crippen LogP contribution in [0.1, 0.15) is 12.8 Å². The normalized spacial score (nSPS) is 18.0. The van der Waals surface area contributed by atoms with E-state index in [0.717, 1.165) is 25.9 Å². The van der Waals surface area contributed by atoms with Gasteiger partial charge in [0.15, 0.2) is 0 Å². The molecule has 1 saturated heterocycles. The Balaban J connectivity index is 1.80. The lowest BCUT2D eigenvalue weighted by Crippen LogP contribution is -2.38. The first-order valence-corrected chi connectivity index (χ1v) is 3.83. The van der Waals surface area contributed by atoms with Gasteiger partial charge in [-0.25, -0.2) is 0 Å². The maximum atomic E-state index is 9.81. The molecule has 1 aliphatic rings. The molecule has 0 radical (unpaired) electrons. The zero-order chi connectivity index (χ0) is 7.23. The molecule has 0 aromatic carbocycles. The third-order valence-electron chi connectivity index (χ3n) is 1.83. The van der Waals surface area contributed by atoms with Gasteiger partial charge in [-0.05, 0) is 32.5 Å². The predicted octanol–water partition coefficient (Wildman–Crippen LogP) is -0.172. The van der Waals surface area contributed by atoms with E-state index >= 15 is 0 Å². The molecule has 0 saturated carbocycles. The number of nitrogens with zero attached hydrogens (tertiary/aromatic N) is 1.